The second kappa shape index (κ2) is 7.68. The van der Waals surface area contributed by atoms with Gasteiger partial charge in [0.15, 0.2) is 0 Å². The Balaban J connectivity index is 3.19. The average Bonchev–Trinajstić information content (AvgIpc) is 1.98. The molecule has 0 aliphatic heterocycles. The SMILES string of the molecule is CCO[P+](=O)OCCO[P+](=O)O. The van der Waals surface area contributed by atoms with E-state index in [0.29, 0.717) is 6.61 Å². The van der Waals surface area contributed by atoms with E-state index in [4.69, 9.17) is 4.89 Å². The van der Waals surface area contributed by atoms with Crippen LogP contribution in [0.15, 0.2) is 0 Å². The molecule has 0 rings (SSSR count). The fourth-order valence-electron chi connectivity index (χ4n) is 0.370. The summed E-state index contributed by atoms with van der Waals surface area (Å²) in [6, 6.07) is 0. The molecule has 1 N–H and O–H groups in total. The first-order valence-electron chi connectivity index (χ1n) is 3.19. The van der Waals surface area contributed by atoms with Crippen LogP contribution in [-0.4, -0.2) is 24.7 Å². The molecule has 0 spiro atoms. The maximum atomic E-state index is 10.6. The molecule has 0 aliphatic carbocycles. The standard InChI is InChI=1S/C4H9O6P2/c1-2-8-12(7)10-4-3-9-11(5)6/h2-4H2,1H3/q+1/p+1. The van der Waals surface area contributed by atoms with Crippen molar-refractivity contribution in [2.45, 2.75) is 6.92 Å². The highest BCUT2D eigenvalue weighted by molar-refractivity contribution is 7.33. The smallest absolute Gasteiger partial charge is 0.133 e. The first-order valence-corrected chi connectivity index (χ1v) is 5.41. The van der Waals surface area contributed by atoms with Gasteiger partial charge in [0.05, 0.1) is 0 Å². The molecule has 0 saturated carbocycles. The van der Waals surface area contributed by atoms with Crippen molar-refractivity contribution in [3.05, 3.63) is 0 Å². The summed E-state index contributed by atoms with van der Waals surface area (Å²) >= 11 is 0. The van der Waals surface area contributed by atoms with Gasteiger partial charge in [-0.3, -0.25) is 0 Å². The van der Waals surface area contributed by atoms with E-state index in [1.807, 2.05) is 0 Å². The zero-order valence-corrected chi connectivity index (χ0v) is 8.29. The molecule has 8 heteroatoms. The Bertz CT molecular complexity index is 160. The predicted octanol–water partition coefficient (Wildman–Crippen LogP) is 1.36. The molecule has 0 saturated heterocycles. The molecule has 70 valence electrons. The summed E-state index contributed by atoms with van der Waals surface area (Å²) in [6.45, 7) is 1.86. The summed E-state index contributed by atoms with van der Waals surface area (Å²) in [6.07, 6.45) is 0. The van der Waals surface area contributed by atoms with Gasteiger partial charge >= 0.3 is 16.5 Å². The molecule has 0 heterocycles. The van der Waals surface area contributed by atoms with Crippen molar-refractivity contribution in [3.63, 3.8) is 0 Å². The Hall–Kier alpha value is 0.0400. The van der Waals surface area contributed by atoms with Crippen molar-refractivity contribution >= 4 is 16.5 Å². The molecular weight excluding hydrogens is 206 g/mol. The number of hydrogen-bond acceptors (Lipinski definition) is 5. The molecule has 0 aromatic rings. The van der Waals surface area contributed by atoms with Gasteiger partial charge in [-0.25, -0.2) is 0 Å². The molecule has 2 atom stereocenters. The summed E-state index contributed by atoms with van der Waals surface area (Å²) in [5.41, 5.74) is 0. The highest BCUT2D eigenvalue weighted by atomic mass is 31.1. The van der Waals surface area contributed by atoms with E-state index in [2.05, 4.69) is 13.6 Å². The quantitative estimate of drug-likeness (QED) is 0.511. The molecule has 0 amide bonds. The van der Waals surface area contributed by atoms with Crippen LogP contribution in [0, 0.1) is 0 Å². The average molecular weight is 216 g/mol. The van der Waals surface area contributed by atoms with Crippen molar-refractivity contribution in [1.82, 2.24) is 0 Å². The molecular formula is C4H10O6P2+2. The van der Waals surface area contributed by atoms with E-state index in [9.17, 15) is 9.13 Å². The zero-order chi connectivity index (χ0) is 9.40. The Morgan fingerprint density at radius 3 is 2.25 bits per heavy atom. The third kappa shape index (κ3) is 8.14. The van der Waals surface area contributed by atoms with Crippen molar-refractivity contribution in [2.24, 2.45) is 0 Å². The number of hydrogen-bond donors (Lipinski definition) is 1. The molecule has 0 aromatic carbocycles. The molecule has 0 bridgehead atoms. The topological polar surface area (TPSA) is 82.1 Å². The maximum Gasteiger partial charge on any atom is 0.697 e. The van der Waals surface area contributed by atoms with Gasteiger partial charge in [0.25, 0.3) is 0 Å². The lowest BCUT2D eigenvalue weighted by Gasteiger charge is -1.84. The van der Waals surface area contributed by atoms with Crippen LogP contribution in [0.25, 0.3) is 0 Å². The monoisotopic (exact) mass is 216 g/mol. The maximum absolute atomic E-state index is 10.6. The van der Waals surface area contributed by atoms with Crippen LogP contribution in [0.4, 0.5) is 0 Å². The predicted molar refractivity (Wildman–Crippen MR) is 41.0 cm³/mol. The van der Waals surface area contributed by atoms with Gasteiger partial charge < -0.3 is 0 Å². The van der Waals surface area contributed by atoms with E-state index < -0.39 is 16.5 Å². The lowest BCUT2D eigenvalue weighted by molar-refractivity contribution is 0.183. The van der Waals surface area contributed by atoms with Gasteiger partial charge in [-0.15, -0.1) is 18.5 Å². The van der Waals surface area contributed by atoms with E-state index in [-0.39, 0.29) is 13.2 Å². The van der Waals surface area contributed by atoms with Gasteiger partial charge in [0.2, 0.25) is 0 Å². The van der Waals surface area contributed by atoms with Crippen LogP contribution < -0.4 is 0 Å². The van der Waals surface area contributed by atoms with Gasteiger partial charge in [0.1, 0.15) is 19.8 Å². The van der Waals surface area contributed by atoms with Gasteiger partial charge in [0, 0.05) is 9.13 Å². The third-order valence-corrected chi connectivity index (χ3v) is 1.98. The second-order valence-corrected chi connectivity index (χ2v) is 3.24. The summed E-state index contributed by atoms with van der Waals surface area (Å²) in [4.78, 5) is 8.15. The minimum absolute atomic E-state index is 0.0309. The summed E-state index contributed by atoms with van der Waals surface area (Å²) in [5.74, 6) is 0. The normalized spacial score (nSPS) is 12.8. The fourth-order valence-corrected chi connectivity index (χ4v) is 1.11. The lowest BCUT2D eigenvalue weighted by Crippen LogP contribution is -1.96. The molecule has 0 aliphatic rings. The van der Waals surface area contributed by atoms with Gasteiger partial charge in [-0.05, 0) is 6.92 Å². The zero-order valence-electron chi connectivity index (χ0n) is 6.50. The van der Waals surface area contributed by atoms with Crippen LogP contribution in [0.5, 0.6) is 0 Å². The summed E-state index contributed by atoms with van der Waals surface area (Å²) in [7, 11) is -4.72. The molecule has 0 aromatic heterocycles. The van der Waals surface area contributed by atoms with Gasteiger partial charge in [-0.2, -0.15) is 0 Å². The Labute approximate surface area is 71.7 Å². The highest BCUT2D eigenvalue weighted by Gasteiger charge is 2.20. The van der Waals surface area contributed by atoms with Crippen molar-refractivity contribution in [1.29, 1.82) is 0 Å². The molecule has 12 heavy (non-hydrogen) atoms. The Morgan fingerprint density at radius 2 is 1.75 bits per heavy atom. The van der Waals surface area contributed by atoms with Crippen molar-refractivity contribution < 1.29 is 27.6 Å². The second-order valence-electron chi connectivity index (χ2n) is 1.55. The molecule has 6 nitrogen and oxygen atoms in total. The Kier molecular flexibility index (Phi) is 7.70. The minimum atomic E-state index is -2.60. The lowest BCUT2D eigenvalue weighted by atomic mass is 10.8. The summed E-state index contributed by atoms with van der Waals surface area (Å²) in [5, 5.41) is 0. The molecule has 0 fully saturated rings. The van der Waals surface area contributed by atoms with Gasteiger partial charge in [-0.1, -0.05) is 0 Å². The van der Waals surface area contributed by atoms with Crippen molar-refractivity contribution in [2.75, 3.05) is 19.8 Å². The molecule has 0 radical (unpaired) electrons. The summed E-state index contributed by atoms with van der Waals surface area (Å²) < 4.78 is 33.9. The number of rotatable bonds is 7. The van der Waals surface area contributed by atoms with E-state index in [0.717, 1.165) is 0 Å². The van der Waals surface area contributed by atoms with Crippen LogP contribution >= 0.6 is 16.5 Å². The van der Waals surface area contributed by atoms with E-state index in [1.165, 1.54) is 0 Å². The minimum Gasteiger partial charge on any atom is -0.133 e. The first-order chi connectivity index (χ1) is 5.66. The Morgan fingerprint density at radius 1 is 1.17 bits per heavy atom. The van der Waals surface area contributed by atoms with Crippen LogP contribution in [0.1, 0.15) is 6.92 Å². The van der Waals surface area contributed by atoms with Crippen LogP contribution in [0.3, 0.4) is 0 Å². The van der Waals surface area contributed by atoms with E-state index >= 15 is 0 Å². The van der Waals surface area contributed by atoms with Crippen molar-refractivity contribution in [3.8, 4) is 0 Å². The largest absolute Gasteiger partial charge is 0.697 e. The molecule has 2 unspecified atom stereocenters. The third-order valence-electron chi connectivity index (χ3n) is 0.716. The van der Waals surface area contributed by atoms with Crippen LogP contribution in [-0.2, 0) is 22.7 Å². The fraction of sp³-hybridized carbons (Fsp3) is 1.00. The first kappa shape index (κ1) is 12.0. The van der Waals surface area contributed by atoms with Crippen LogP contribution in [0.2, 0.25) is 0 Å². The van der Waals surface area contributed by atoms with E-state index in [1.54, 1.807) is 6.92 Å². The highest BCUT2D eigenvalue weighted by Crippen LogP contribution is 2.23.